The number of carboxylic acids is 2. The van der Waals surface area contributed by atoms with Crippen LogP contribution < -0.4 is 5.32 Å². The van der Waals surface area contributed by atoms with Crippen LogP contribution in [-0.2, 0) is 15.0 Å². The number of H-pyrrole nitrogens is 1. The van der Waals surface area contributed by atoms with Crippen LogP contribution in [0, 0.1) is 0 Å². The number of amides is 1. The highest BCUT2D eigenvalue weighted by atomic mass is 16.4. The molecule has 1 aromatic rings. The molecule has 0 aliphatic heterocycles. The second-order valence-corrected chi connectivity index (χ2v) is 5.22. The number of aromatic amines is 1. The first-order valence-corrected chi connectivity index (χ1v) is 5.79. The average Bonchev–Trinajstić information content (AvgIpc) is 2.75. The van der Waals surface area contributed by atoms with E-state index in [-0.39, 0.29) is 11.2 Å². The number of hydrogen-bond acceptors (Lipinski definition) is 5. The number of rotatable bonds is 5. The molecule has 1 rings (SSSR count). The van der Waals surface area contributed by atoms with Crippen LogP contribution in [0.25, 0.3) is 0 Å². The molecule has 1 aromatic heterocycles. The molecule has 9 heteroatoms. The van der Waals surface area contributed by atoms with Gasteiger partial charge in [-0.05, 0) is 0 Å². The molecule has 110 valence electrons. The maximum Gasteiger partial charge on any atom is 0.326 e. The van der Waals surface area contributed by atoms with E-state index in [2.05, 4.69) is 20.5 Å². The van der Waals surface area contributed by atoms with Crippen molar-refractivity contribution in [2.75, 3.05) is 0 Å². The number of carboxylic acid groups (broad SMARTS) is 2. The lowest BCUT2D eigenvalue weighted by Gasteiger charge is -2.13. The molecule has 0 aromatic carbocycles. The van der Waals surface area contributed by atoms with Crippen molar-refractivity contribution in [2.24, 2.45) is 0 Å². The van der Waals surface area contributed by atoms with Crippen molar-refractivity contribution in [2.45, 2.75) is 38.6 Å². The van der Waals surface area contributed by atoms with Crippen molar-refractivity contribution in [3.63, 3.8) is 0 Å². The van der Waals surface area contributed by atoms with Gasteiger partial charge in [-0.2, -0.15) is 0 Å². The Morgan fingerprint density at radius 1 is 1.30 bits per heavy atom. The fraction of sp³-hybridized carbons (Fsp3) is 0.545. The molecule has 1 heterocycles. The molecule has 0 bridgehead atoms. The third kappa shape index (κ3) is 4.04. The van der Waals surface area contributed by atoms with Crippen molar-refractivity contribution in [1.82, 2.24) is 20.5 Å². The molecule has 0 spiro atoms. The summed E-state index contributed by atoms with van der Waals surface area (Å²) < 4.78 is 0. The largest absolute Gasteiger partial charge is 0.481 e. The lowest BCUT2D eigenvalue weighted by Crippen LogP contribution is -2.42. The Morgan fingerprint density at radius 2 is 1.90 bits per heavy atom. The predicted molar refractivity (Wildman–Crippen MR) is 66.2 cm³/mol. The van der Waals surface area contributed by atoms with Crippen LogP contribution in [0.2, 0.25) is 0 Å². The number of carbonyl (C=O) groups is 3. The number of nitrogens with one attached hydrogen (secondary N) is 2. The SMILES string of the molecule is CC(C)(C)c1nc(C(=O)NC(CC(=O)O)C(=O)O)n[nH]1. The Kier molecular flexibility index (Phi) is 4.43. The summed E-state index contributed by atoms with van der Waals surface area (Å²) in [5.74, 6) is -3.37. The Labute approximate surface area is 114 Å². The molecule has 0 radical (unpaired) electrons. The Bertz CT molecular complexity index is 531. The molecule has 1 amide bonds. The van der Waals surface area contributed by atoms with E-state index in [0.717, 1.165) is 0 Å². The van der Waals surface area contributed by atoms with Gasteiger partial charge in [0.25, 0.3) is 5.91 Å². The molecular formula is C11H16N4O5. The highest BCUT2D eigenvalue weighted by Crippen LogP contribution is 2.17. The first-order chi connectivity index (χ1) is 9.11. The van der Waals surface area contributed by atoms with Gasteiger partial charge in [0.2, 0.25) is 5.82 Å². The fourth-order valence-corrected chi connectivity index (χ4v) is 1.30. The van der Waals surface area contributed by atoms with Crippen molar-refractivity contribution >= 4 is 17.8 Å². The van der Waals surface area contributed by atoms with Gasteiger partial charge in [0.1, 0.15) is 11.9 Å². The monoisotopic (exact) mass is 284 g/mol. The highest BCUT2D eigenvalue weighted by molar-refractivity contribution is 5.94. The van der Waals surface area contributed by atoms with Crippen molar-refractivity contribution in [3.8, 4) is 0 Å². The fourth-order valence-electron chi connectivity index (χ4n) is 1.30. The predicted octanol–water partition coefficient (Wildman–Crippen LogP) is -0.240. The molecule has 4 N–H and O–H groups in total. The minimum atomic E-state index is -1.53. The molecule has 20 heavy (non-hydrogen) atoms. The summed E-state index contributed by atoms with van der Waals surface area (Å²) in [4.78, 5) is 37.1. The minimum absolute atomic E-state index is 0.230. The Morgan fingerprint density at radius 3 is 2.30 bits per heavy atom. The topological polar surface area (TPSA) is 145 Å². The Hall–Kier alpha value is -2.45. The van der Waals surface area contributed by atoms with E-state index in [0.29, 0.717) is 5.82 Å². The molecular weight excluding hydrogens is 268 g/mol. The zero-order valence-corrected chi connectivity index (χ0v) is 11.3. The van der Waals surface area contributed by atoms with Crippen LogP contribution in [0.5, 0.6) is 0 Å². The third-order valence-corrected chi connectivity index (χ3v) is 2.38. The number of hydrogen-bond donors (Lipinski definition) is 4. The zero-order valence-electron chi connectivity index (χ0n) is 11.3. The molecule has 1 unspecified atom stereocenters. The van der Waals surface area contributed by atoms with Crippen LogP contribution in [0.1, 0.15) is 43.6 Å². The molecule has 0 fully saturated rings. The summed E-state index contributed by atoms with van der Waals surface area (Å²) in [5.41, 5.74) is -0.348. The van der Waals surface area contributed by atoms with Crippen LogP contribution in [0.15, 0.2) is 0 Å². The van der Waals surface area contributed by atoms with Gasteiger partial charge in [-0.15, -0.1) is 5.10 Å². The van der Waals surface area contributed by atoms with E-state index in [9.17, 15) is 14.4 Å². The van der Waals surface area contributed by atoms with Crippen LogP contribution in [0.3, 0.4) is 0 Å². The van der Waals surface area contributed by atoms with Crippen LogP contribution >= 0.6 is 0 Å². The summed E-state index contributed by atoms with van der Waals surface area (Å²) in [6, 6.07) is -1.53. The number of carbonyl (C=O) groups excluding carboxylic acids is 1. The molecule has 9 nitrogen and oxygen atoms in total. The maximum atomic E-state index is 11.8. The summed E-state index contributed by atoms with van der Waals surface area (Å²) in [5, 5.41) is 25.7. The quantitative estimate of drug-likeness (QED) is 0.583. The van der Waals surface area contributed by atoms with Crippen molar-refractivity contribution < 1.29 is 24.6 Å². The molecule has 0 saturated carbocycles. The third-order valence-electron chi connectivity index (χ3n) is 2.38. The van der Waals surface area contributed by atoms with E-state index < -0.39 is 30.3 Å². The van der Waals surface area contributed by atoms with Gasteiger partial charge in [0.05, 0.1) is 6.42 Å². The standard InChI is InChI=1S/C11H16N4O5/c1-11(2,3)10-13-7(14-15-10)8(18)12-5(9(19)20)4-6(16)17/h5H,4H2,1-3H3,(H,12,18)(H,16,17)(H,19,20)(H,13,14,15). The normalized spacial score (nSPS) is 12.8. The lowest BCUT2D eigenvalue weighted by molar-refractivity contribution is -0.145. The van der Waals surface area contributed by atoms with Gasteiger partial charge in [-0.3, -0.25) is 14.7 Å². The first kappa shape index (κ1) is 15.6. The van der Waals surface area contributed by atoms with E-state index in [4.69, 9.17) is 10.2 Å². The van der Waals surface area contributed by atoms with Crippen LogP contribution in [0.4, 0.5) is 0 Å². The zero-order chi connectivity index (χ0) is 15.5. The summed E-state index contributed by atoms with van der Waals surface area (Å²) in [6.45, 7) is 5.58. The van der Waals surface area contributed by atoms with Gasteiger partial charge in [0, 0.05) is 5.41 Å². The van der Waals surface area contributed by atoms with E-state index in [1.807, 2.05) is 20.8 Å². The second-order valence-electron chi connectivity index (χ2n) is 5.22. The number of aliphatic carboxylic acids is 2. The van der Waals surface area contributed by atoms with Crippen molar-refractivity contribution in [3.05, 3.63) is 11.6 Å². The molecule has 0 aliphatic carbocycles. The van der Waals surface area contributed by atoms with E-state index >= 15 is 0 Å². The first-order valence-electron chi connectivity index (χ1n) is 5.79. The minimum Gasteiger partial charge on any atom is -0.481 e. The number of nitrogens with zero attached hydrogens (tertiary/aromatic N) is 2. The number of aromatic nitrogens is 3. The van der Waals surface area contributed by atoms with E-state index in [1.54, 1.807) is 0 Å². The molecule has 0 saturated heterocycles. The van der Waals surface area contributed by atoms with Gasteiger partial charge in [-0.25, -0.2) is 9.78 Å². The van der Waals surface area contributed by atoms with Gasteiger partial charge < -0.3 is 15.5 Å². The van der Waals surface area contributed by atoms with Gasteiger partial charge in [-0.1, -0.05) is 20.8 Å². The summed E-state index contributed by atoms with van der Waals surface area (Å²) in [6.07, 6.45) is -0.725. The summed E-state index contributed by atoms with van der Waals surface area (Å²) in [7, 11) is 0. The molecule has 1 atom stereocenters. The Balaban J connectivity index is 2.82. The molecule has 0 aliphatic rings. The summed E-state index contributed by atoms with van der Waals surface area (Å²) >= 11 is 0. The highest BCUT2D eigenvalue weighted by Gasteiger charge is 2.26. The average molecular weight is 284 g/mol. The van der Waals surface area contributed by atoms with Gasteiger partial charge in [0.15, 0.2) is 0 Å². The second kappa shape index (κ2) is 5.68. The maximum absolute atomic E-state index is 11.8. The van der Waals surface area contributed by atoms with Crippen LogP contribution in [-0.4, -0.2) is 49.3 Å². The van der Waals surface area contributed by atoms with Crippen molar-refractivity contribution in [1.29, 1.82) is 0 Å². The smallest absolute Gasteiger partial charge is 0.326 e. The lowest BCUT2D eigenvalue weighted by atomic mass is 9.96. The van der Waals surface area contributed by atoms with E-state index in [1.165, 1.54) is 0 Å². The van der Waals surface area contributed by atoms with Gasteiger partial charge >= 0.3 is 11.9 Å².